The Kier molecular flexibility index (Phi) is 11.1. The molecule has 3 rings (SSSR count). The van der Waals surface area contributed by atoms with Crippen LogP contribution in [0.3, 0.4) is 0 Å². The van der Waals surface area contributed by atoms with Crippen molar-refractivity contribution in [2.45, 2.75) is 98.4 Å². The molecule has 0 aliphatic heterocycles. The SMILES string of the molecule is CCc1ccc(C(C(=O)Nc2ccc3ccccc3c2)N(C(=O)C(C)NC(=O)OC(C)(C)C)C(C)CCC(C)C)cc1. The van der Waals surface area contributed by atoms with E-state index < -0.39 is 23.8 Å². The van der Waals surface area contributed by atoms with Crippen molar-refractivity contribution in [1.29, 1.82) is 0 Å². The molecular formula is C35H47N3O4. The van der Waals surface area contributed by atoms with Crippen molar-refractivity contribution < 1.29 is 19.1 Å². The molecule has 226 valence electrons. The lowest BCUT2D eigenvalue weighted by Crippen LogP contribution is -2.54. The number of alkyl carbamates (subject to hydrolysis) is 1. The smallest absolute Gasteiger partial charge is 0.408 e. The van der Waals surface area contributed by atoms with Gasteiger partial charge in [0.25, 0.3) is 5.91 Å². The van der Waals surface area contributed by atoms with Crippen LogP contribution in [0.4, 0.5) is 10.5 Å². The Hall–Kier alpha value is -3.87. The van der Waals surface area contributed by atoms with E-state index in [4.69, 9.17) is 4.74 Å². The average Bonchev–Trinajstić information content (AvgIpc) is 2.93. The second-order valence-electron chi connectivity index (χ2n) is 12.5. The predicted octanol–water partition coefficient (Wildman–Crippen LogP) is 7.65. The fourth-order valence-corrected chi connectivity index (χ4v) is 4.93. The van der Waals surface area contributed by atoms with Crippen molar-refractivity contribution in [3.63, 3.8) is 0 Å². The van der Waals surface area contributed by atoms with Crippen LogP contribution in [0.2, 0.25) is 0 Å². The van der Waals surface area contributed by atoms with E-state index in [1.807, 2.05) is 73.7 Å². The Labute approximate surface area is 251 Å². The summed E-state index contributed by atoms with van der Waals surface area (Å²) in [4.78, 5) is 42.6. The Morgan fingerprint density at radius 1 is 0.857 bits per heavy atom. The maximum Gasteiger partial charge on any atom is 0.408 e. The molecule has 0 aliphatic rings. The van der Waals surface area contributed by atoms with Crippen LogP contribution in [0, 0.1) is 5.92 Å². The second kappa shape index (κ2) is 14.3. The minimum Gasteiger partial charge on any atom is -0.444 e. The van der Waals surface area contributed by atoms with Gasteiger partial charge in [-0.15, -0.1) is 0 Å². The zero-order valence-corrected chi connectivity index (χ0v) is 26.4. The van der Waals surface area contributed by atoms with Crippen molar-refractivity contribution in [3.8, 4) is 0 Å². The Morgan fingerprint density at radius 2 is 1.50 bits per heavy atom. The van der Waals surface area contributed by atoms with Crippen LogP contribution in [0.25, 0.3) is 10.8 Å². The van der Waals surface area contributed by atoms with Crippen molar-refractivity contribution in [3.05, 3.63) is 77.9 Å². The minimum absolute atomic E-state index is 0.277. The number of benzene rings is 3. The van der Waals surface area contributed by atoms with Crippen LogP contribution in [-0.4, -0.2) is 40.5 Å². The standard InChI is InChI=1S/C35H47N3O4/c1-9-26-16-18-28(19-17-26)31(32(39)37-30-21-20-27-12-10-11-13-29(27)22-30)38(24(4)15-14-23(2)3)33(40)25(5)36-34(41)42-35(6,7)8/h10-13,16-25,31H,9,14-15H2,1-8H3,(H,36,41)(H,37,39). The van der Waals surface area contributed by atoms with E-state index in [9.17, 15) is 14.4 Å². The molecule has 0 saturated heterocycles. The summed E-state index contributed by atoms with van der Waals surface area (Å²) in [6.07, 6.45) is 1.77. The predicted molar refractivity (Wildman–Crippen MR) is 170 cm³/mol. The van der Waals surface area contributed by atoms with Gasteiger partial charge in [0.2, 0.25) is 5.91 Å². The van der Waals surface area contributed by atoms with Crippen molar-refractivity contribution in [2.24, 2.45) is 5.92 Å². The molecule has 0 aliphatic carbocycles. The number of fused-ring (bicyclic) bond motifs is 1. The monoisotopic (exact) mass is 573 g/mol. The quantitative estimate of drug-likeness (QED) is 0.247. The van der Waals surface area contributed by atoms with Gasteiger partial charge in [0.05, 0.1) is 0 Å². The number of carbonyl (C=O) groups excluding carboxylic acids is 3. The van der Waals surface area contributed by atoms with Gasteiger partial charge in [0.15, 0.2) is 0 Å². The molecule has 3 unspecified atom stereocenters. The molecule has 2 N–H and O–H groups in total. The zero-order valence-electron chi connectivity index (χ0n) is 26.4. The van der Waals surface area contributed by atoms with Crippen molar-refractivity contribution in [2.75, 3.05) is 5.32 Å². The second-order valence-corrected chi connectivity index (χ2v) is 12.5. The first-order valence-electron chi connectivity index (χ1n) is 15.0. The summed E-state index contributed by atoms with van der Waals surface area (Å²) < 4.78 is 5.41. The van der Waals surface area contributed by atoms with E-state index >= 15 is 0 Å². The Bertz CT molecular complexity index is 1360. The number of nitrogens with zero attached hydrogens (tertiary/aromatic N) is 1. The molecule has 0 spiro atoms. The summed E-state index contributed by atoms with van der Waals surface area (Å²) in [5, 5.41) is 7.85. The van der Waals surface area contributed by atoms with Gasteiger partial charge in [-0.05, 0) is 93.8 Å². The molecule has 0 saturated carbocycles. The average molecular weight is 574 g/mol. The first kappa shape index (κ1) is 32.6. The number of amides is 3. The summed E-state index contributed by atoms with van der Waals surface area (Å²) in [6.45, 7) is 15.3. The number of hydrogen-bond acceptors (Lipinski definition) is 4. The van der Waals surface area contributed by atoms with Crippen LogP contribution in [-0.2, 0) is 20.7 Å². The number of rotatable bonds is 11. The van der Waals surface area contributed by atoms with Crippen molar-refractivity contribution in [1.82, 2.24) is 10.2 Å². The third-order valence-corrected chi connectivity index (χ3v) is 7.24. The number of nitrogens with one attached hydrogen (secondary N) is 2. The molecule has 3 atom stereocenters. The van der Waals surface area contributed by atoms with Gasteiger partial charge in [0.1, 0.15) is 17.7 Å². The van der Waals surface area contributed by atoms with Gasteiger partial charge in [-0.1, -0.05) is 75.4 Å². The summed E-state index contributed by atoms with van der Waals surface area (Å²) in [5.41, 5.74) is 1.79. The lowest BCUT2D eigenvalue weighted by Gasteiger charge is -2.38. The van der Waals surface area contributed by atoms with Gasteiger partial charge in [-0.2, -0.15) is 0 Å². The van der Waals surface area contributed by atoms with Gasteiger partial charge in [0, 0.05) is 11.7 Å². The highest BCUT2D eigenvalue weighted by Gasteiger charge is 2.37. The van der Waals surface area contributed by atoms with Crippen LogP contribution >= 0.6 is 0 Å². The number of anilines is 1. The highest BCUT2D eigenvalue weighted by Crippen LogP contribution is 2.30. The molecule has 3 aromatic rings. The highest BCUT2D eigenvalue weighted by molar-refractivity contribution is 6.00. The van der Waals surface area contributed by atoms with E-state index in [1.165, 1.54) is 0 Å². The molecule has 0 aromatic heterocycles. The summed E-state index contributed by atoms with van der Waals surface area (Å²) >= 11 is 0. The first-order valence-corrected chi connectivity index (χ1v) is 15.0. The lowest BCUT2D eigenvalue weighted by atomic mass is 9.96. The van der Waals surface area contributed by atoms with Gasteiger partial charge in [-0.25, -0.2) is 4.79 Å². The number of carbonyl (C=O) groups is 3. The van der Waals surface area contributed by atoms with E-state index in [0.29, 0.717) is 23.6 Å². The van der Waals surface area contributed by atoms with Gasteiger partial charge < -0.3 is 20.3 Å². The lowest BCUT2D eigenvalue weighted by molar-refractivity contribution is -0.143. The van der Waals surface area contributed by atoms with E-state index in [1.54, 1.807) is 32.6 Å². The molecule has 0 fully saturated rings. The van der Waals surface area contributed by atoms with Gasteiger partial charge in [-0.3, -0.25) is 9.59 Å². The normalized spacial score (nSPS) is 13.7. The van der Waals surface area contributed by atoms with E-state index in [2.05, 4.69) is 31.4 Å². The van der Waals surface area contributed by atoms with Crippen molar-refractivity contribution >= 4 is 34.4 Å². The number of aryl methyl sites for hydroxylation is 1. The van der Waals surface area contributed by atoms with Crippen LogP contribution in [0.5, 0.6) is 0 Å². The molecular weight excluding hydrogens is 526 g/mol. The molecule has 0 radical (unpaired) electrons. The highest BCUT2D eigenvalue weighted by atomic mass is 16.6. The first-order chi connectivity index (χ1) is 19.8. The molecule has 3 amide bonds. The van der Waals surface area contributed by atoms with Crippen LogP contribution in [0.1, 0.15) is 85.4 Å². The minimum atomic E-state index is -0.917. The summed E-state index contributed by atoms with van der Waals surface area (Å²) in [7, 11) is 0. The van der Waals surface area contributed by atoms with E-state index in [0.717, 1.165) is 29.2 Å². The number of hydrogen-bond donors (Lipinski definition) is 2. The molecule has 0 heterocycles. The zero-order chi connectivity index (χ0) is 31.0. The fourth-order valence-electron chi connectivity index (χ4n) is 4.93. The van der Waals surface area contributed by atoms with Gasteiger partial charge >= 0.3 is 6.09 Å². The topological polar surface area (TPSA) is 87.7 Å². The largest absolute Gasteiger partial charge is 0.444 e. The van der Waals surface area contributed by atoms with Crippen LogP contribution < -0.4 is 10.6 Å². The number of ether oxygens (including phenoxy) is 1. The Balaban J connectivity index is 2.03. The summed E-state index contributed by atoms with van der Waals surface area (Å²) in [5.74, 6) is -0.241. The third-order valence-electron chi connectivity index (χ3n) is 7.24. The maximum atomic E-state index is 14.2. The van der Waals surface area contributed by atoms with Crippen LogP contribution in [0.15, 0.2) is 66.7 Å². The molecule has 7 nitrogen and oxygen atoms in total. The van der Waals surface area contributed by atoms with E-state index in [-0.39, 0.29) is 17.9 Å². The summed E-state index contributed by atoms with van der Waals surface area (Å²) in [6, 6.07) is 19.5. The molecule has 3 aromatic carbocycles. The molecule has 0 bridgehead atoms. The third kappa shape index (κ3) is 9.07. The molecule has 42 heavy (non-hydrogen) atoms. The Morgan fingerprint density at radius 3 is 2.10 bits per heavy atom. The fraction of sp³-hybridized carbons (Fsp3) is 0.457. The maximum absolute atomic E-state index is 14.2. The molecule has 7 heteroatoms.